The predicted molar refractivity (Wildman–Crippen MR) is 66.1 cm³/mol. The minimum Gasteiger partial charge on any atom is -0.351 e. The Bertz CT molecular complexity index is 456. The van der Waals surface area contributed by atoms with Crippen LogP contribution < -0.4 is 0 Å². The summed E-state index contributed by atoms with van der Waals surface area (Å²) in [5.74, 6) is 0. The van der Waals surface area contributed by atoms with Gasteiger partial charge in [-0.25, -0.2) is 4.98 Å². The van der Waals surface area contributed by atoms with Gasteiger partial charge in [-0.3, -0.25) is 9.97 Å². The SMILES string of the molecule is [Cu].c1c[nH]cn1.c1ccc(-c2ccccn2)nc1. The van der Waals surface area contributed by atoms with Crippen LogP contribution in [-0.2, 0) is 17.1 Å². The van der Waals surface area contributed by atoms with Crippen LogP contribution >= 0.6 is 0 Å². The molecule has 95 valence electrons. The van der Waals surface area contributed by atoms with Crippen LogP contribution in [0.5, 0.6) is 0 Å². The fourth-order valence-electron chi connectivity index (χ4n) is 1.24. The maximum absolute atomic E-state index is 4.19. The fraction of sp³-hybridized carbons (Fsp3) is 0. The molecule has 0 bridgehead atoms. The summed E-state index contributed by atoms with van der Waals surface area (Å²) < 4.78 is 0. The smallest absolute Gasteiger partial charge is 0.0919 e. The van der Waals surface area contributed by atoms with Crippen molar-refractivity contribution in [2.75, 3.05) is 0 Å². The van der Waals surface area contributed by atoms with Crippen molar-refractivity contribution in [3.05, 3.63) is 67.5 Å². The summed E-state index contributed by atoms with van der Waals surface area (Å²) in [7, 11) is 0. The Hall–Kier alpha value is -1.97. The summed E-state index contributed by atoms with van der Waals surface area (Å²) in [5, 5.41) is 0. The molecule has 0 fully saturated rings. The van der Waals surface area contributed by atoms with E-state index in [-0.39, 0.29) is 17.1 Å². The van der Waals surface area contributed by atoms with Gasteiger partial charge in [0.25, 0.3) is 0 Å². The molecule has 4 nitrogen and oxygen atoms in total. The van der Waals surface area contributed by atoms with Gasteiger partial charge in [0, 0.05) is 41.9 Å². The van der Waals surface area contributed by atoms with Crippen molar-refractivity contribution in [2.24, 2.45) is 0 Å². The number of imidazole rings is 1. The first kappa shape index (κ1) is 14.1. The third-order valence-electron chi connectivity index (χ3n) is 2.00. The number of aromatic amines is 1. The number of H-pyrrole nitrogens is 1. The average molecular weight is 288 g/mol. The van der Waals surface area contributed by atoms with Crippen molar-refractivity contribution in [1.82, 2.24) is 19.9 Å². The maximum atomic E-state index is 4.19. The van der Waals surface area contributed by atoms with Crippen molar-refractivity contribution < 1.29 is 17.1 Å². The molecule has 0 amide bonds. The summed E-state index contributed by atoms with van der Waals surface area (Å²) in [5.41, 5.74) is 1.83. The van der Waals surface area contributed by atoms with Gasteiger partial charge in [0.15, 0.2) is 0 Å². The Kier molecular flexibility index (Phi) is 6.40. The Morgan fingerprint density at radius 3 is 1.67 bits per heavy atom. The molecule has 0 saturated heterocycles. The van der Waals surface area contributed by atoms with E-state index in [9.17, 15) is 0 Å². The van der Waals surface area contributed by atoms with Crippen LogP contribution in [0.1, 0.15) is 0 Å². The molecule has 3 heterocycles. The van der Waals surface area contributed by atoms with E-state index < -0.39 is 0 Å². The van der Waals surface area contributed by atoms with E-state index >= 15 is 0 Å². The number of hydrogen-bond acceptors (Lipinski definition) is 3. The third-order valence-corrected chi connectivity index (χ3v) is 2.00. The number of pyridine rings is 2. The van der Waals surface area contributed by atoms with Crippen molar-refractivity contribution >= 4 is 0 Å². The second kappa shape index (κ2) is 8.17. The second-order valence-corrected chi connectivity index (χ2v) is 3.19. The van der Waals surface area contributed by atoms with Crippen molar-refractivity contribution in [1.29, 1.82) is 0 Å². The summed E-state index contributed by atoms with van der Waals surface area (Å²) in [6.07, 6.45) is 8.62. The first-order chi connectivity index (χ1) is 8.47. The largest absolute Gasteiger partial charge is 0.351 e. The number of nitrogens with zero attached hydrogens (tertiary/aromatic N) is 3. The molecule has 0 aromatic carbocycles. The molecule has 18 heavy (non-hydrogen) atoms. The molecule has 0 unspecified atom stereocenters. The minimum atomic E-state index is 0. The van der Waals surface area contributed by atoms with E-state index in [4.69, 9.17) is 0 Å². The molecule has 5 heteroatoms. The van der Waals surface area contributed by atoms with Crippen LogP contribution in [-0.4, -0.2) is 19.9 Å². The Morgan fingerprint density at radius 1 is 0.778 bits per heavy atom. The van der Waals surface area contributed by atoms with Gasteiger partial charge in [0.2, 0.25) is 0 Å². The summed E-state index contributed by atoms with van der Waals surface area (Å²) in [4.78, 5) is 14.8. The minimum absolute atomic E-state index is 0. The van der Waals surface area contributed by atoms with Crippen LogP contribution in [0.3, 0.4) is 0 Å². The van der Waals surface area contributed by atoms with Crippen molar-refractivity contribution in [3.8, 4) is 11.4 Å². The van der Waals surface area contributed by atoms with Gasteiger partial charge in [0.1, 0.15) is 0 Å². The first-order valence-electron chi connectivity index (χ1n) is 5.22. The summed E-state index contributed by atoms with van der Waals surface area (Å²) in [6.45, 7) is 0. The van der Waals surface area contributed by atoms with Gasteiger partial charge in [-0.15, -0.1) is 0 Å². The van der Waals surface area contributed by atoms with Crippen LogP contribution in [0.4, 0.5) is 0 Å². The molecule has 3 rings (SSSR count). The predicted octanol–water partition coefficient (Wildman–Crippen LogP) is 2.55. The molecule has 0 saturated carbocycles. The van der Waals surface area contributed by atoms with Crippen molar-refractivity contribution in [3.63, 3.8) is 0 Å². The molecule has 3 aromatic rings. The number of aromatic nitrogens is 4. The van der Waals surface area contributed by atoms with E-state index in [1.54, 1.807) is 31.1 Å². The molecule has 1 radical (unpaired) electrons. The van der Waals surface area contributed by atoms with E-state index in [2.05, 4.69) is 19.9 Å². The second-order valence-electron chi connectivity index (χ2n) is 3.19. The van der Waals surface area contributed by atoms with Gasteiger partial charge in [0.05, 0.1) is 17.7 Å². The summed E-state index contributed by atoms with van der Waals surface area (Å²) >= 11 is 0. The number of rotatable bonds is 1. The average Bonchev–Trinajstić information content (AvgIpc) is 3.00. The van der Waals surface area contributed by atoms with E-state index in [1.807, 2.05) is 36.4 Å². The normalized spacial score (nSPS) is 8.67. The van der Waals surface area contributed by atoms with E-state index in [0.29, 0.717) is 0 Å². The molecule has 3 aromatic heterocycles. The Balaban J connectivity index is 0.000000230. The van der Waals surface area contributed by atoms with Crippen LogP contribution in [0.25, 0.3) is 11.4 Å². The zero-order valence-corrected chi connectivity index (χ0v) is 10.4. The summed E-state index contributed by atoms with van der Waals surface area (Å²) in [6, 6.07) is 11.6. The van der Waals surface area contributed by atoms with Crippen LogP contribution in [0.15, 0.2) is 67.5 Å². The third kappa shape index (κ3) is 4.49. The topological polar surface area (TPSA) is 54.5 Å². The molecular weight excluding hydrogens is 276 g/mol. The van der Waals surface area contributed by atoms with E-state index in [1.165, 1.54) is 0 Å². The van der Waals surface area contributed by atoms with Gasteiger partial charge < -0.3 is 4.98 Å². The molecule has 0 spiro atoms. The molecule has 0 aliphatic carbocycles. The fourth-order valence-corrected chi connectivity index (χ4v) is 1.24. The Morgan fingerprint density at radius 2 is 1.39 bits per heavy atom. The monoisotopic (exact) mass is 287 g/mol. The quantitative estimate of drug-likeness (QED) is 0.700. The van der Waals surface area contributed by atoms with Crippen LogP contribution in [0.2, 0.25) is 0 Å². The van der Waals surface area contributed by atoms with Gasteiger partial charge in [-0.1, -0.05) is 12.1 Å². The molecule has 0 atom stereocenters. The first-order valence-corrected chi connectivity index (χ1v) is 5.22. The molecule has 1 N–H and O–H groups in total. The zero-order chi connectivity index (χ0) is 11.8. The number of hydrogen-bond donors (Lipinski definition) is 1. The van der Waals surface area contributed by atoms with Gasteiger partial charge in [-0.2, -0.15) is 0 Å². The molecule has 0 aliphatic heterocycles. The zero-order valence-electron chi connectivity index (χ0n) is 9.49. The van der Waals surface area contributed by atoms with E-state index in [0.717, 1.165) is 11.4 Å². The van der Waals surface area contributed by atoms with Gasteiger partial charge in [-0.05, 0) is 24.3 Å². The number of nitrogens with one attached hydrogen (secondary N) is 1. The molecular formula is C13H12CuN4. The maximum Gasteiger partial charge on any atom is 0.0919 e. The van der Waals surface area contributed by atoms with Gasteiger partial charge >= 0.3 is 0 Å². The molecule has 0 aliphatic rings. The Labute approximate surface area is 116 Å². The standard InChI is InChI=1S/C10H8N2.C3H4N2.Cu/c1-3-7-11-9(5-1)10-6-2-4-8-12-10;1-2-5-3-4-1;/h1-8H;1-3H,(H,4,5);. The van der Waals surface area contributed by atoms with Crippen LogP contribution in [0, 0.1) is 0 Å². The van der Waals surface area contributed by atoms with Crippen molar-refractivity contribution in [2.45, 2.75) is 0 Å².